The lowest BCUT2D eigenvalue weighted by Gasteiger charge is -2.36. The number of ketones is 1. The van der Waals surface area contributed by atoms with Crippen LogP contribution in [0.25, 0.3) is 0 Å². The van der Waals surface area contributed by atoms with Gasteiger partial charge in [0, 0.05) is 31.9 Å². The Bertz CT molecular complexity index is 811. The third-order valence-electron chi connectivity index (χ3n) is 5.36. The van der Waals surface area contributed by atoms with Crippen LogP contribution in [0.15, 0.2) is 36.4 Å². The number of carbonyl (C=O) groups excluding carboxylic acids is 1. The zero-order valence-corrected chi connectivity index (χ0v) is 16.6. The molecule has 1 aliphatic heterocycles. The van der Waals surface area contributed by atoms with Crippen molar-refractivity contribution in [3.8, 4) is 11.5 Å². The molecule has 3 rings (SSSR count). The van der Waals surface area contributed by atoms with Gasteiger partial charge >= 0.3 is 0 Å². The fourth-order valence-electron chi connectivity index (χ4n) is 3.55. The van der Waals surface area contributed by atoms with Gasteiger partial charge in [0.25, 0.3) is 0 Å². The van der Waals surface area contributed by atoms with Gasteiger partial charge in [-0.3, -0.25) is 9.69 Å². The van der Waals surface area contributed by atoms with Crippen LogP contribution in [0.1, 0.15) is 21.5 Å². The Morgan fingerprint density at radius 3 is 2.41 bits per heavy atom. The number of rotatable bonds is 6. The first kappa shape index (κ1) is 19.2. The largest absolute Gasteiger partial charge is 0.497 e. The summed E-state index contributed by atoms with van der Waals surface area (Å²) in [6.07, 6.45) is 0. The monoisotopic (exact) mass is 368 g/mol. The standard InChI is InChI=1S/C22H28N2O3/c1-16-6-5-7-20(17(16)2)24-12-10-23(11-13-24)15-21(25)19-14-18(26-3)8-9-22(19)27-4/h5-9,14H,10-13,15H2,1-4H3. The maximum absolute atomic E-state index is 12.8. The summed E-state index contributed by atoms with van der Waals surface area (Å²) >= 11 is 0. The highest BCUT2D eigenvalue weighted by Crippen LogP contribution is 2.26. The molecule has 0 N–H and O–H groups in total. The number of carbonyl (C=O) groups is 1. The summed E-state index contributed by atoms with van der Waals surface area (Å²) in [5.41, 5.74) is 4.53. The second kappa shape index (κ2) is 8.44. The number of nitrogens with zero attached hydrogens (tertiary/aromatic N) is 2. The van der Waals surface area contributed by atoms with Crippen LogP contribution in [0.2, 0.25) is 0 Å². The molecule has 2 aromatic rings. The second-order valence-electron chi connectivity index (χ2n) is 6.97. The minimum Gasteiger partial charge on any atom is -0.497 e. The minimum atomic E-state index is 0.0611. The molecular weight excluding hydrogens is 340 g/mol. The Morgan fingerprint density at radius 2 is 1.74 bits per heavy atom. The van der Waals surface area contributed by atoms with Gasteiger partial charge in [-0.25, -0.2) is 0 Å². The average molecular weight is 368 g/mol. The van der Waals surface area contributed by atoms with E-state index in [0.717, 1.165) is 26.2 Å². The lowest BCUT2D eigenvalue weighted by atomic mass is 10.1. The van der Waals surface area contributed by atoms with Gasteiger partial charge in [-0.05, 0) is 49.2 Å². The SMILES string of the molecule is COc1ccc(OC)c(C(=O)CN2CCN(c3cccc(C)c3C)CC2)c1. The van der Waals surface area contributed by atoms with E-state index in [1.54, 1.807) is 32.4 Å². The van der Waals surface area contributed by atoms with Gasteiger partial charge < -0.3 is 14.4 Å². The maximum Gasteiger partial charge on any atom is 0.180 e. The third kappa shape index (κ3) is 4.25. The number of aryl methyl sites for hydroxylation is 1. The first-order chi connectivity index (χ1) is 13.0. The summed E-state index contributed by atoms with van der Waals surface area (Å²) < 4.78 is 10.6. The Balaban J connectivity index is 1.64. The molecule has 0 saturated carbocycles. The lowest BCUT2D eigenvalue weighted by molar-refractivity contribution is 0.0923. The van der Waals surface area contributed by atoms with Crippen LogP contribution in [0.4, 0.5) is 5.69 Å². The molecule has 1 aliphatic rings. The van der Waals surface area contributed by atoms with E-state index < -0.39 is 0 Å². The highest BCUT2D eigenvalue weighted by Gasteiger charge is 2.22. The van der Waals surface area contributed by atoms with Crippen molar-refractivity contribution in [1.82, 2.24) is 4.90 Å². The van der Waals surface area contributed by atoms with Gasteiger partial charge in [-0.15, -0.1) is 0 Å². The number of hydrogen-bond acceptors (Lipinski definition) is 5. The van der Waals surface area contributed by atoms with Gasteiger partial charge in [-0.2, -0.15) is 0 Å². The molecular formula is C22H28N2O3. The van der Waals surface area contributed by atoms with E-state index in [-0.39, 0.29) is 5.78 Å². The van der Waals surface area contributed by atoms with Gasteiger partial charge in [-0.1, -0.05) is 12.1 Å². The normalized spacial score (nSPS) is 14.9. The molecule has 0 unspecified atom stereocenters. The van der Waals surface area contributed by atoms with Gasteiger partial charge in [0.1, 0.15) is 11.5 Å². The molecule has 144 valence electrons. The van der Waals surface area contributed by atoms with Crippen LogP contribution < -0.4 is 14.4 Å². The molecule has 2 aromatic carbocycles. The molecule has 5 heteroatoms. The molecule has 0 amide bonds. The fourth-order valence-corrected chi connectivity index (χ4v) is 3.55. The van der Waals surface area contributed by atoms with E-state index in [2.05, 4.69) is 41.8 Å². The number of methoxy groups -OCH3 is 2. The summed E-state index contributed by atoms with van der Waals surface area (Å²) in [5.74, 6) is 1.32. The average Bonchev–Trinajstić information content (AvgIpc) is 2.70. The van der Waals surface area contributed by atoms with Crippen LogP contribution in [0, 0.1) is 13.8 Å². The van der Waals surface area contributed by atoms with E-state index in [1.807, 2.05) is 0 Å². The summed E-state index contributed by atoms with van der Waals surface area (Å²) in [4.78, 5) is 17.4. The molecule has 0 atom stereocenters. The van der Waals surface area contributed by atoms with E-state index in [9.17, 15) is 4.79 Å². The number of ether oxygens (including phenoxy) is 2. The molecule has 5 nitrogen and oxygen atoms in total. The molecule has 0 aromatic heterocycles. The molecule has 0 aliphatic carbocycles. The van der Waals surface area contributed by atoms with Gasteiger partial charge in [0.05, 0.1) is 26.3 Å². The van der Waals surface area contributed by atoms with Crippen molar-refractivity contribution in [2.75, 3.05) is 51.8 Å². The first-order valence-electron chi connectivity index (χ1n) is 9.32. The van der Waals surface area contributed by atoms with E-state index in [4.69, 9.17) is 9.47 Å². The van der Waals surface area contributed by atoms with Crippen molar-refractivity contribution < 1.29 is 14.3 Å². The van der Waals surface area contributed by atoms with Crippen molar-refractivity contribution >= 4 is 11.5 Å². The van der Waals surface area contributed by atoms with Gasteiger partial charge in [0.2, 0.25) is 0 Å². The Morgan fingerprint density at radius 1 is 1.00 bits per heavy atom. The molecule has 0 bridgehead atoms. The number of piperazine rings is 1. The predicted molar refractivity (Wildman–Crippen MR) is 108 cm³/mol. The lowest BCUT2D eigenvalue weighted by Crippen LogP contribution is -2.48. The van der Waals surface area contributed by atoms with Crippen molar-refractivity contribution in [2.45, 2.75) is 13.8 Å². The maximum atomic E-state index is 12.8. The molecule has 1 saturated heterocycles. The van der Waals surface area contributed by atoms with Crippen LogP contribution in [0.5, 0.6) is 11.5 Å². The second-order valence-corrected chi connectivity index (χ2v) is 6.97. The highest BCUT2D eigenvalue weighted by atomic mass is 16.5. The smallest absolute Gasteiger partial charge is 0.180 e. The fraction of sp³-hybridized carbons (Fsp3) is 0.409. The van der Waals surface area contributed by atoms with Crippen LogP contribution in [-0.4, -0.2) is 57.6 Å². The Kier molecular flexibility index (Phi) is 6.01. The Hall–Kier alpha value is -2.53. The van der Waals surface area contributed by atoms with Crippen LogP contribution in [-0.2, 0) is 0 Å². The summed E-state index contributed by atoms with van der Waals surface area (Å²) in [6, 6.07) is 11.8. The summed E-state index contributed by atoms with van der Waals surface area (Å²) in [5, 5.41) is 0. The van der Waals surface area contributed by atoms with Crippen molar-refractivity contribution in [1.29, 1.82) is 0 Å². The summed E-state index contributed by atoms with van der Waals surface area (Å²) in [6.45, 7) is 8.30. The molecule has 1 heterocycles. The molecule has 1 fully saturated rings. The van der Waals surface area contributed by atoms with Crippen LogP contribution >= 0.6 is 0 Å². The van der Waals surface area contributed by atoms with E-state index >= 15 is 0 Å². The third-order valence-corrected chi connectivity index (χ3v) is 5.36. The molecule has 0 radical (unpaired) electrons. The minimum absolute atomic E-state index is 0.0611. The zero-order chi connectivity index (χ0) is 19.4. The molecule has 27 heavy (non-hydrogen) atoms. The molecule has 0 spiro atoms. The Labute approximate surface area is 161 Å². The van der Waals surface area contributed by atoms with Crippen molar-refractivity contribution in [3.05, 3.63) is 53.1 Å². The van der Waals surface area contributed by atoms with E-state index in [0.29, 0.717) is 23.6 Å². The topological polar surface area (TPSA) is 42.0 Å². The quantitative estimate of drug-likeness (QED) is 0.732. The van der Waals surface area contributed by atoms with Gasteiger partial charge in [0.15, 0.2) is 5.78 Å². The number of anilines is 1. The number of benzene rings is 2. The first-order valence-corrected chi connectivity index (χ1v) is 9.32. The van der Waals surface area contributed by atoms with Crippen molar-refractivity contribution in [2.24, 2.45) is 0 Å². The van der Waals surface area contributed by atoms with E-state index in [1.165, 1.54) is 16.8 Å². The number of hydrogen-bond donors (Lipinski definition) is 0. The highest BCUT2D eigenvalue weighted by molar-refractivity contribution is 6.00. The zero-order valence-electron chi connectivity index (χ0n) is 16.6. The van der Waals surface area contributed by atoms with Crippen LogP contribution in [0.3, 0.4) is 0 Å². The van der Waals surface area contributed by atoms with Crippen molar-refractivity contribution in [3.63, 3.8) is 0 Å². The summed E-state index contributed by atoms with van der Waals surface area (Å²) in [7, 11) is 3.18. The number of Topliss-reactive ketones (excluding diaryl/α,β-unsaturated/α-hetero) is 1. The predicted octanol–water partition coefficient (Wildman–Crippen LogP) is 3.33.